The van der Waals surface area contributed by atoms with Crippen molar-refractivity contribution in [2.45, 2.75) is 0 Å². The average molecular weight is 459 g/mol. The molecule has 0 spiro atoms. The molecule has 27 heavy (non-hydrogen) atoms. The van der Waals surface area contributed by atoms with E-state index in [1.54, 1.807) is 0 Å². The Morgan fingerprint density at radius 1 is 0.963 bits per heavy atom. The summed E-state index contributed by atoms with van der Waals surface area (Å²) in [6.45, 7) is 0. The monoisotopic (exact) mass is 458 g/mol. The number of hydrogen-bond acceptors (Lipinski definition) is 11. The first-order valence-corrected chi connectivity index (χ1v) is 12.0. The molecule has 0 unspecified atom stereocenters. The number of nitrogens with zero attached hydrogens (tertiary/aromatic N) is 2. The van der Waals surface area contributed by atoms with Crippen LogP contribution in [0, 0.1) is 0 Å². The molecule has 0 aliphatic rings. The minimum atomic E-state index is -3.38. The van der Waals surface area contributed by atoms with Crippen LogP contribution in [0.5, 0.6) is 0 Å². The first-order chi connectivity index (χ1) is 12.3. The molecule has 0 saturated heterocycles. The Morgan fingerprint density at radius 2 is 1.37 bits per heavy atom. The van der Waals surface area contributed by atoms with E-state index < -0.39 is 32.0 Å². The first-order valence-electron chi connectivity index (χ1n) is 6.49. The third-order valence-electron chi connectivity index (χ3n) is 2.17. The van der Waals surface area contributed by atoms with Crippen LogP contribution >= 0.6 is 22.7 Å². The van der Waals surface area contributed by atoms with Crippen molar-refractivity contribution in [2.24, 2.45) is 0 Å². The molecule has 0 aromatic carbocycles. The molecule has 12 nitrogen and oxygen atoms in total. The maximum absolute atomic E-state index is 10.9. The number of anilines is 2. The molecule has 0 amide bonds. The van der Waals surface area contributed by atoms with Gasteiger partial charge in [-0.25, -0.2) is 36.4 Å². The molecule has 2 aromatic heterocycles. The Kier molecular flexibility index (Phi) is 7.64. The van der Waals surface area contributed by atoms with E-state index in [-0.39, 0.29) is 21.7 Å². The van der Waals surface area contributed by atoms with Gasteiger partial charge in [0, 0.05) is 10.8 Å². The van der Waals surface area contributed by atoms with Gasteiger partial charge in [0.05, 0.1) is 19.6 Å². The van der Waals surface area contributed by atoms with Gasteiger partial charge in [-0.2, -0.15) is 0 Å². The van der Waals surface area contributed by atoms with Crippen LogP contribution < -0.4 is 9.44 Å². The summed E-state index contributed by atoms with van der Waals surface area (Å²) in [6.07, 6.45) is 1.97. The van der Waals surface area contributed by atoms with Crippen LogP contribution in [0.2, 0.25) is 0 Å². The summed E-state index contributed by atoms with van der Waals surface area (Å²) in [7, 11) is -5.51. The van der Waals surface area contributed by atoms with Crippen LogP contribution in [0.3, 0.4) is 0 Å². The zero-order valence-electron chi connectivity index (χ0n) is 14.0. The second kappa shape index (κ2) is 9.07. The fourth-order valence-electron chi connectivity index (χ4n) is 1.25. The van der Waals surface area contributed by atoms with E-state index in [1.165, 1.54) is 17.9 Å². The third-order valence-corrected chi connectivity index (χ3v) is 5.07. The number of rotatable bonds is 6. The predicted molar refractivity (Wildman–Crippen MR) is 99.5 cm³/mol. The topological polar surface area (TPSA) is 182 Å². The number of carboxylic acids is 1. The van der Waals surface area contributed by atoms with E-state index in [1.807, 2.05) is 0 Å². The average Bonchev–Trinajstić information content (AvgIpc) is 3.13. The normalized spacial score (nSPS) is 11.1. The van der Waals surface area contributed by atoms with Gasteiger partial charge < -0.3 is 9.84 Å². The number of carbonyl (C=O) groups is 2. The number of aromatic nitrogens is 2. The molecule has 3 N–H and O–H groups in total. The third kappa shape index (κ3) is 8.76. The van der Waals surface area contributed by atoms with Gasteiger partial charge in [0.25, 0.3) is 0 Å². The van der Waals surface area contributed by atoms with Crippen molar-refractivity contribution in [3.8, 4) is 0 Å². The molecule has 0 bridgehead atoms. The predicted octanol–water partition coefficient (Wildman–Crippen LogP) is 0.514. The lowest BCUT2D eigenvalue weighted by molar-refractivity contribution is 0.0594. The van der Waals surface area contributed by atoms with E-state index in [9.17, 15) is 26.4 Å². The van der Waals surface area contributed by atoms with Gasteiger partial charge in [-0.3, -0.25) is 9.44 Å². The quantitative estimate of drug-likeness (QED) is 0.516. The molecular formula is C11H14N4O8S4. The molecule has 0 saturated carbocycles. The van der Waals surface area contributed by atoms with Crippen LogP contribution in [0.25, 0.3) is 0 Å². The highest BCUT2D eigenvalue weighted by atomic mass is 32.2. The van der Waals surface area contributed by atoms with Gasteiger partial charge in [-0.1, -0.05) is 0 Å². The number of carbonyl (C=O) groups excluding carboxylic acids is 1. The first kappa shape index (κ1) is 22.7. The van der Waals surface area contributed by atoms with Crippen molar-refractivity contribution in [3.63, 3.8) is 0 Å². The number of nitrogens with one attached hydrogen (secondary N) is 2. The van der Waals surface area contributed by atoms with Gasteiger partial charge in [0.15, 0.2) is 21.7 Å². The lowest BCUT2D eigenvalue weighted by atomic mass is 10.5. The lowest BCUT2D eigenvalue weighted by Gasteiger charge is -1.96. The Balaban J connectivity index is 0.000000271. The van der Waals surface area contributed by atoms with Crippen molar-refractivity contribution in [3.05, 3.63) is 22.1 Å². The Morgan fingerprint density at radius 3 is 1.70 bits per heavy atom. The van der Waals surface area contributed by atoms with Crippen LogP contribution in [-0.4, -0.2) is 63.5 Å². The number of methoxy groups -OCH3 is 1. The molecule has 0 radical (unpaired) electrons. The van der Waals surface area contributed by atoms with Crippen molar-refractivity contribution < 1.29 is 36.3 Å². The molecule has 0 atom stereocenters. The van der Waals surface area contributed by atoms with Gasteiger partial charge in [-0.05, 0) is 0 Å². The Labute approximate surface area is 162 Å². The number of hydrogen-bond donors (Lipinski definition) is 3. The molecule has 2 rings (SSSR count). The molecule has 16 heteroatoms. The van der Waals surface area contributed by atoms with Crippen molar-refractivity contribution in [1.82, 2.24) is 9.97 Å². The number of thiazole rings is 2. The molecule has 0 aliphatic heterocycles. The standard InChI is InChI=1S/C6H8N2O4S2.C5H6N2O4S2/c1-12-5(9)4-3-13-6(7-4)8-14(2,10)11;1-13(10,11)7-5-6-3(2-12-5)4(8)9/h3H,1-2H3,(H,7,8);2H,1H3,(H,6,7)(H,8,9). The fraction of sp³-hybridized carbons (Fsp3) is 0.273. The van der Waals surface area contributed by atoms with E-state index in [0.717, 1.165) is 35.2 Å². The summed E-state index contributed by atoms with van der Waals surface area (Å²) < 4.78 is 51.6. The largest absolute Gasteiger partial charge is 0.476 e. The summed E-state index contributed by atoms with van der Waals surface area (Å²) >= 11 is 1.94. The smallest absolute Gasteiger partial charge is 0.357 e. The van der Waals surface area contributed by atoms with Crippen LogP contribution in [0.1, 0.15) is 21.0 Å². The summed E-state index contributed by atoms with van der Waals surface area (Å²) in [5.41, 5.74) is -0.0835. The molecule has 2 aromatic rings. The summed E-state index contributed by atoms with van der Waals surface area (Å²) in [4.78, 5) is 28.5. The number of esters is 1. The molecular weight excluding hydrogens is 444 g/mol. The summed E-state index contributed by atoms with van der Waals surface area (Å²) in [6, 6.07) is 0. The number of carboxylic acid groups (broad SMARTS) is 1. The van der Waals surface area contributed by atoms with Gasteiger partial charge in [0.1, 0.15) is 0 Å². The molecule has 0 fully saturated rings. The molecule has 2 heterocycles. The second-order valence-corrected chi connectivity index (χ2v) is 9.83. The lowest BCUT2D eigenvalue weighted by Crippen LogP contribution is -2.10. The van der Waals surface area contributed by atoms with Gasteiger partial charge in [0.2, 0.25) is 20.0 Å². The highest BCUT2D eigenvalue weighted by Gasteiger charge is 2.12. The second-order valence-electron chi connectivity index (χ2n) is 4.62. The van der Waals surface area contributed by atoms with Crippen molar-refractivity contribution >= 4 is 64.9 Å². The molecule has 0 aliphatic carbocycles. The maximum Gasteiger partial charge on any atom is 0.357 e. The van der Waals surface area contributed by atoms with Crippen LogP contribution in [0.15, 0.2) is 10.8 Å². The summed E-state index contributed by atoms with van der Waals surface area (Å²) in [5, 5.41) is 11.3. The van der Waals surface area contributed by atoms with E-state index in [2.05, 4.69) is 24.1 Å². The maximum atomic E-state index is 10.9. The minimum absolute atomic E-state index is 0.0555. The van der Waals surface area contributed by atoms with Crippen LogP contribution in [-0.2, 0) is 24.8 Å². The highest BCUT2D eigenvalue weighted by molar-refractivity contribution is 7.92. The van der Waals surface area contributed by atoms with Gasteiger partial charge >= 0.3 is 11.9 Å². The van der Waals surface area contributed by atoms with E-state index >= 15 is 0 Å². The SMILES string of the molecule is COC(=O)c1csc(NS(C)(=O)=O)n1.CS(=O)(=O)Nc1nc(C(=O)O)cs1. The minimum Gasteiger partial charge on any atom is -0.476 e. The van der Waals surface area contributed by atoms with Crippen LogP contribution in [0.4, 0.5) is 10.3 Å². The van der Waals surface area contributed by atoms with E-state index in [4.69, 9.17) is 5.11 Å². The number of sulfonamides is 2. The highest BCUT2D eigenvalue weighted by Crippen LogP contribution is 2.17. The van der Waals surface area contributed by atoms with Gasteiger partial charge in [-0.15, -0.1) is 22.7 Å². The Hall–Kier alpha value is -2.30. The fourth-order valence-corrected chi connectivity index (χ4v) is 4.32. The molecule has 150 valence electrons. The number of ether oxygens (including phenoxy) is 1. The van der Waals surface area contributed by atoms with E-state index in [0.29, 0.717) is 0 Å². The van der Waals surface area contributed by atoms with Crippen molar-refractivity contribution in [2.75, 3.05) is 29.1 Å². The zero-order valence-corrected chi connectivity index (χ0v) is 17.3. The number of aromatic carboxylic acids is 1. The van der Waals surface area contributed by atoms with Crippen molar-refractivity contribution in [1.29, 1.82) is 0 Å². The zero-order chi connectivity index (χ0) is 20.8. The summed E-state index contributed by atoms with van der Waals surface area (Å²) in [5.74, 6) is -1.78. The Bertz CT molecular complexity index is 1020.